The SMILES string of the molecule is COc1cc([N+](=O)[O-])ccc1NC(=O)CSc1nnc(N2CCCCC2)n1-c1ccccc1OC. The van der Waals surface area contributed by atoms with Gasteiger partial charge < -0.3 is 19.7 Å². The lowest BCUT2D eigenvalue weighted by molar-refractivity contribution is -0.384. The average Bonchev–Trinajstić information content (AvgIpc) is 3.31. The number of carbonyl (C=O) groups is 1. The smallest absolute Gasteiger partial charge is 0.273 e. The molecule has 0 aliphatic carbocycles. The molecular weight excluding hydrogens is 472 g/mol. The molecule has 0 radical (unpaired) electrons. The van der Waals surface area contributed by atoms with Crippen LogP contribution in [0.4, 0.5) is 17.3 Å². The molecule has 4 rings (SSSR count). The van der Waals surface area contributed by atoms with Crippen molar-refractivity contribution in [3.05, 3.63) is 52.6 Å². The van der Waals surface area contributed by atoms with Gasteiger partial charge in [-0.1, -0.05) is 23.9 Å². The van der Waals surface area contributed by atoms with E-state index in [4.69, 9.17) is 9.47 Å². The van der Waals surface area contributed by atoms with E-state index in [1.165, 1.54) is 43.5 Å². The maximum atomic E-state index is 12.7. The fraction of sp³-hybridized carbons (Fsp3) is 0.348. The quantitative estimate of drug-likeness (QED) is 0.265. The zero-order chi connectivity index (χ0) is 24.8. The third kappa shape index (κ3) is 5.48. The van der Waals surface area contributed by atoms with Gasteiger partial charge in [-0.25, -0.2) is 0 Å². The van der Waals surface area contributed by atoms with Crippen LogP contribution >= 0.6 is 11.8 Å². The van der Waals surface area contributed by atoms with E-state index >= 15 is 0 Å². The van der Waals surface area contributed by atoms with E-state index in [0.717, 1.165) is 31.6 Å². The van der Waals surface area contributed by atoms with E-state index in [0.29, 0.717) is 22.5 Å². The molecule has 35 heavy (non-hydrogen) atoms. The van der Waals surface area contributed by atoms with Gasteiger partial charge in [0.15, 0.2) is 5.16 Å². The lowest BCUT2D eigenvalue weighted by Gasteiger charge is -2.28. The first-order valence-electron chi connectivity index (χ1n) is 11.1. The van der Waals surface area contributed by atoms with Crippen LogP contribution in [0.2, 0.25) is 0 Å². The van der Waals surface area contributed by atoms with Gasteiger partial charge in [-0.3, -0.25) is 19.5 Å². The highest BCUT2D eigenvalue weighted by atomic mass is 32.2. The maximum Gasteiger partial charge on any atom is 0.273 e. The number of amides is 1. The molecule has 1 saturated heterocycles. The minimum Gasteiger partial charge on any atom is -0.495 e. The first kappa shape index (κ1) is 24.3. The number of thioether (sulfide) groups is 1. The summed E-state index contributed by atoms with van der Waals surface area (Å²) in [6, 6.07) is 11.6. The Morgan fingerprint density at radius 3 is 2.54 bits per heavy atom. The number of nitrogens with zero attached hydrogens (tertiary/aromatic N) is 5. The van der Waals surface area contributed by atoms with Crippen LogP contribution < -0.4 is 19.7 Å². The number of nitro benzene ring substituents is 1. The van der Waals surface area contributed by atoms with Crippen molar-refractivity contribution in [3.63, 3.8) is 0 Å². The molecule has 1 aliphatic rings. The molecule has 1 fully saturated rings. The van der Waals surface area contributed by atoms with E-state index in [2.05, 4.69) is 20.4 Å². The number of anilines is 2. The molecule has 0 atom stereocenters. The minimum atomic E-state index is -0.519. The number of methoxy groups -OCH3 is 2. The predicted molar refractivity (Wildman–Crippen MR) is 133 cm³/mol. The maximum absolute atomic E-state index is 12.7. The molecule has 0 spiro atoms. The molecule has 12 heteroatoms. The summed E-state index contributed by atoms with van der Waals surface area (Å²) in [4.78, 5) is 25.4. The lowest BCUT2D eigenvalue weighted by atomic mass is 10.1. The van der Waals surface area contributed by atoms with Crippen molar-refractivity contribution < 1.29 is 19.2 Å². The number of rotatable bonds is 9. The molecular formula is C23H26N6O5S. The van der Waals surface area contributed by atoms with Crippen LogP contribution in [-0.2, 0) is 4.79 Å². The van der Waals surface area contributed by atoms with Crippen LogP contribution in [0, 0.1) is 10.1 Å². The molecule has 0 unspecified atom stereocenters. The van der Waals surface area contributed by atoms with Gasteiger partial charge >= 0.3 is 0 Å². The summed E-state index contributed by atoms with van der Waals surface area (Å²) in [7, 11) is 3.00. The van der Waals surface area contributed by atoms with Crippen molar-refractivity contribution in [3.8, 4) is 17.2 Å². The van der Waals surface area contributed by atoms with Gasteiger partial charge in [-0.2, -0.15) is 0 Å². The highest BCUT2D eigenvalue weighted by Gasteiger charge is 2.24. The fourth-order valence-corrected chi connectivity index (χ4v) is 4.63. The summed E-state index contributed by atoms with van der Waals surface area (Å²) in [5.41, 5.74) is 1.02. The molecule has 1 aromatic heterocycles. The number of piperidine rings is 1. The molecule has 0 bridgehead atoms. The Balaban J connectivity index is 1.56. The highest BCUT2D eigenvalue weighted by Crippen LogP contribution is 2.33. The number of nitrogens with one attached hydrogen (secondary N) is 1. The Morgan fingerprint density at radius 1 is 1.09 bits per heavy atom. The zero-order valence-electron chi connectivity index (χ0n) is 19.5. The normalized spacial score (nSPS) is 13.4. The molecule has 1 amide bonds. The first-order valence-corrected chi connectivity index (χ1v) is 12.1. The van der Waals surface area contributed by atoms with Crippen molar-refractivity contribution >= 4 is 35.0 Å². The number of carbonyl (C=O) groups excluding carboxylic acids is 1. The van der Waals surface area contributed by atoms with Crippen molar-refractivity contribution in [1.82, 2.24) is 14.8 Å². The number of hydrogen-bond acceptors (Lipinski definition) is 9. The number of non-ortho nitro benzene ring substituents is 1. The van der Waals surface area contributed by atoms with Crippen molar-refractivity contribution in [1.29, 1.82) is 0 Å². The molecule has 184 valence electrons. The van der Waals surface area contributed by atoms with Crippen molar-refractivity contribution in [2.75, 3.05) is 43.3 Å². The summed E-state index contributed by atoms with van der Waals surface area (Å²) in [5.74, 6) is 1.34. The highest BCUT2D eigenvalue weighted by molar-refractivity contribution is 7.99. The molecule has 11 nitrogen and oxygen atoms in total. The molecule has 1 aliphatic heterocycles. The standard InChI is InChI=1S/C23H26N6O5S/c1-33-19-9-5-4-8-18(19)28-22(27-12-6-3-7-13-27)25-26-23(28)35-15-21(30)24-17-11-10-16(29(31)32)14-20(17)34-2/h4-5,8-11,14H,3,6-7,12-13,15H2,1-2H3,(H,24,30). The topological polar surface area (TPSA) is 125 Å². The van der Waals surface area contributed by atoms with Gasteiger partial charge in [0.05, 0.1) is 42.3 Å². The largest absolute Gasteiger partial charge is 0.495 e. The third-order valence-corrected chi connectivity index (χ3v) is 6.51. The lowest BCUT2D eigenvalue weighted by Crippen LogP contribution is -2.31. The second-order valence-electron chi connectivity index (χ2n) is 7.82. The van der Waals surface area contributed by atoms with Gasteiger partial charge in [0.25, 0.3) is 5.69 Å². The van der Waals surface area contributed by atoms with E-state index in [1.807, 2.05) is 28.8 Å². The van der Waals surface area contributed by atoms with E-state index in [9.17, 15) is 14.9 Å². The van der Waals surface area contributed by atoms with Gasteiger partial charge in [0.1, 0.15) is 11.5 Å². The van der Waals surface area contributed by atoms with Crippen LogP contribution in [0.5, 0.6) is 11.5 Å². The zero-order valence-corrected chi connectivity index (χ0v) is 20.3. The average molecular weight is 499 g/mol. The van der Waals surface area contributed by atoms with Crippen LogP contribution in [0.15, 0.2) is 47.6 Å². The Kier molecular flexibility index (Phi) is 7.70. The summed E-state index contributed by atoms with van der Waals surface area (Å²) in [5, 5.41) is 23.2. The number of hydrogen-bond donors (Lipinski definition) is 1. The van der Waals surface area contributed by atoms with E-state index < -0.39 is 4.92 Å². The summed E-state index contributed by atoms with van der Waals surface area (Å²) >= 11 is 1.24. The molecule has 2 heterocycles. The molecule has 0 saturated carbocycles. The predicted octanol–water partition coefficient (Wildman–Crippen LogP) is 3.91. The van der Waals surface area contributed by atoms with Crippen LogP contribution in [0.3, 0.4) is 0 Å². The molecule has 2 aromatic carbocycles. The summed E-state index contributed by atoms with van der Waals surface area (Å²) < 4.78 is 12.7. The fourth-order valence-electron chi connectivity index (χ4n) is 3.89. The molecule has 1 N–H and O–H groups in total. The monoisotopic (exact) mass is 498 g/mol. The second-order valence-corrected chi connectivity index (χ2v) is 8.76. The minimum absolute atomic E-state index is 0.0490. The number of nitro groups is 1. The number of aromatic nitrogens is 3. The van der Waals surface area contributed by atoms with E-state index in [1.54, 1.807) is 7.11 Å². The number of para-hydroxylation sites is 2. The Morgan fingerprint density at radius 2 is 1.83 bits per heavy atom. The summed E-state index contributed by atoms with van der Waals surface area (Å²) in [6.07, 6.45) is 3.36. The number of benzene rings is 2. The molecule has 3 aromatic rings. The van der Waals surface area contributed by atoms with Gasteiger partial charge in [0, 0.05) is 19.2 Å². The summed E-state index contributed by atoms with van der Waals surface area (Å²) in [6.45, 7) is 1.77. The number of ether oxygens (including phenoxy) is 2. The second kappa shape index (κ2) is 11.1. The van der Waals surface area contributed by atoms with Crippen molar-refractivity contribution in [2.24, 2.45) is 0 Å². The van der Waals surface area contributed by atoms with Crippen LogP contribution in [-0.4, -0.2) is 58.7 Å². The Labute approximate surface area is 206 Å². The Bertz CT molecular complexity index is 1210. The van der Waals surface area contributed by atoms with Gasteiger partial charge in [0.2, 0.25) is 11.9 Å². The van der Waals surface area contributed by atoms with Crippen molar-refractivity contribution in [2.45, 2.75) is 24.4 Å². The van der Waals surface area contributed by atoms with Gasteiger partial charge in [-0.05, 0) is 37.5 Å². The third-order valence-electron chi connectivity index (χ3n) is 5.58. The van der Waals surface area contributed by atoms with Crippen LogP contribution in [0.25, 0.3) is 5.69 Å². The van der Waals surface area contributed by atoms with E-state index in [-0.39, 0.29) is 23.1 Å². The Hall–Kier alpha value is -3.80. The first-order chi connectivity index (χ1) is 17.0. The van der Waals surface area contributed by atoms with Gasteiger partial charge in [-0.15, -0.1) is 10.2 Å². The van der Waals surface area contributed by atoms with Crippen LogP contribution in [0.1, 0.15) is 19.3 Å².